The van der Waals surface area contributed by atoms with E-state index < -0.39 is 22.8 Å². The van der Waals surface area contributed by atoms with Crippen LogP contribution in [0.15, 0.2) is 40.8 Å². The summed E-state index contributed by atoms with van der Waals surface area (Å²) in [5.74, 6) is -0.0634. The number of fused-ring (bicyclic) bond motifs is 1. The van der Waals surface area contributed by atoms with Gasteiger partial charge < -0.3 is 10.2 Å². The predicted molar refractivity (Wildman–Crippen MR) is 104 cm³/mol. The predicted octanol–water partition coefficient (Wildman–Crippen LogP) is 3.21. The smallest absolute Gasteiger partial charge is 0.129 e. The van der Waals surface area contributed by atoms with Crippen molar-refractivity contribution in [2.24, 2.45) is 5.92 Å². The van der Waals surface area contributed by atoms with E-state index in [2.05, 4.69) is 15.2 Å². The molecule has 3 aliphatic rings. The fourth-order valence-corrected chi connectivity index (χ4v) is 5.16. The van der Waals surface area contributed by atoms with Crippen LogP contribution in [0.1, 0.15) is 24.8 Å². The van der Waals surface area contributed by atoms with Crippen LogP contribution in [-0.4, -0.2) is 46.8 Å². The van der Waals surface area contributed by atoms with Crippen molar-refractivity contribution in [1.29, 1.82) is 0 Å². The molecule has 7 heteroatoms. The molecule has 4 rings (SSSR count). The highest BCUT2D eigenvalue weighted by Gasteiger charge is 2.41. The van der Waals surface area contributed by atoms with Gasteiger partial charge in [0.2, 0.25) is 0 Å². The summed E-state index contributed by atoms with van der Waals surface area (Å²) in [5.41, 5.74) is 2.41. The van der Waals surface area contributed by atoms with Crippen LogP contribution >= 0.6 is 0 Å². The maximum Gasteiger partial charge on any atom is 0.129 e. The summed E-state index contributed by atoms with van der Waals surface area (Å²) in [4.78, 5) is 6.64. The molecule has 146 valence electrons. The van der Waals surface area contributed by atoms with Crippen molar-refractivity contribution < 1.29 is 13.0 Å². The Morgan fingerprint density at radius 3 is 2.93 bits per heavy atom. The van der Waals surface area contributed by atoms with Crippen LogP contribution < -0.4 is 10.2 Å². The van der Waals surface area contributed by atoms with Crippen molar-refractivity contribution >= 4 is 16.5 Å². The monoisotopic (exact) mass is 393 g/mol. The Hall–Kier alpha value is -1.60. The largest absolute Gasteiger partial charge is 0.370 e. The second-order valence-electron chi connectivity index (χ2n) is 7.73. The Balaban J connectivity index is 1.50. The van der Waals surface area contributed by atoms with Gasteiger partial charge in [0.05, 0.1) is 22.7 Å². The van der Waals surface area contributed by atoms with E-state index in [4.69, 9.17) is 0 Å². The summed E-state index contributed by atoms with van der Waals surface area (Å²) in [5, 5.41) is 4.07. The molecule has 0 spiro atoms. The molecule has 5 unspecified atom stereocenters. The van der Waals surface area contributed by atoms with Gasteiger partial charge in [-0.2, -0.15) is 0 Å². The average Bonchev–Trinajstić information content (AvgIpc) is 3.04. The van der Waals surface area contributed by atoms with Crippen LogP contribution in [0.5, 0.6) is 0 Å². The Morgan fingerprint density at radius 2 is 2.22 bits per heavy atom. The summed E-state index contributed by atoms with van der Waals surface area (Å²) in [7, 11) is -1.09. The van der Waals surface area contributed by atoms with E-state index >= 15 is 0 Å². The minimum Gasteiger partial charge on any atom is -0.370 e. The first-order chi connectivity index (χ1) is 12.9. The molecule has 1 aromatic rings. The number of nitrogens with one attached hydrogen (secondary N) is 1. The Bertz CT molecular complexity index is 825. The number of piperidine rings is 1. The van der Waals surface area contributed by atoms with Gasteiger partial charge in [-0.1, -0.05) is 6.08 Å². The van der Waals surface area contributed by atoms with Crippen molar-refractivity contribution in [2.45, 2.75) is 49.5 Å². The molecule has 2 aliphatic heterocycles. The average molecular weight is 394 g/mol. The van der Waals surface area contributed by atoms with Gasteiger partial charge >= 0.3 is 0 Å². The lowest BCUT2D eigenvalue weighted by atomic mass is 9.88. The van der Waals surface area contributed by atoms with E-state index in [-0.39, 0.29) is 12.5 Å². The van der Waals surface area contributed by atoms with E-state index in [0.29, 0.717) is 22.6 Å². The molecule has 1 aromatic heterocycles. The first-order valence-corrected chi connectivity index (χ1v) is 11.0. The van der Waals surface area contributed by atoms with E-state index in [9.17, 15) is 13.0 Å². The first kappa shape index (κ1) is 18.7. The van der Waals surface area contributed by atoms with E-state index in [1.54, 1.807) is 18.5 Å². The van der Waals surface area contributed by atoms with Crippen LogP contribution in [0.2, 0.25) is 0 Å². The van der Waals surface area contributed by atoms with Crippen LogP contribution in [0.25, 0.3) is 0 Å². The molecule has 5 atom stereocenters. The summed E-state index contributed by atoms with van der Waals surface area (Å²) in [6.45, 7) is 3.73. The second kappa shape index (κ2) is 7.43. The molecule has 0 radical (unpaired) electrons. The van der Waals surface area contributed by atoms with E-state index in [1.165, 1.54) is 6.08 Å². The van der Waals surface area contributed by atoms with Gasteiger partial charge in [0.25, 0.3) is 0 Å². The van der Waals surface area contributed by atoms with Gasteiger partial charge in [-0.15, -0.1) is 0 Å². The Morgan fingerprint density at radius 1 is 1.41 bits per heavy atom. The molecule has 2 fully saturated rings. The van der Waals surface area contributed by atoms with Gasteiger partial charge in [-0.25, -0.2) is 13.8 Å². The number of alkyl halides is 1. The third-order valence-corrected chi connectivity index (χ3v) is 6.79. The van der Waals surface area contributed by atoms with Crippen molar-refractivity contribution in [2.75, 3.05) is 24.2 Å². The zero-order valence-electron chi connectivity index (χ0n) is 15.6. The number of hydrogen-bond acceptors (Lipinski definition) is 4. The fraction of sp³-hybridized carbons (Fsp3) is 0.550. The number of rotatable bonds is 3. The SMILES string of the molecule is Cc1cc(S(C)=O)ncc1N1CCC2NC(C3=C(F)C=CCC3F)CC2C1. The number of pyridine rings is 1. The number of anilines is 1. The number of hydrogen-bond donors (Lipinski definition) is 1. The Kier molecular flexibility index (Phi) is 5.16. The number of nitrogens with zero attached hydrogens (tertiary/aromatic N) is 2. The zero-order chi connectivity index (χ0) is 19.1. The maximum atomic E-state index is 14.3. The van der Waals surface area contributed by atoms with Gasteiger partial charge in [-0.05, 0) is 43.4 Å². The van der Waals surface area contributed by atoms with Crippen molar-refractivity contribution in [3.8, 4) is 0 Å². The normalized spacial score (nSPS) is 31.9. The maximum absolute atomic E-state index is 14.3. The van der Waals surface area contributed by atoms with Crippen LogP contribution in [0.4, 0.5) is 14.5 Å². The molecule has 3 heterocycles. The van der Waals surface area contributed by atoms with Crippen molar-refractivity contribution in [3.05, 3.63) is 41.4 Å². The highest BCUT2D eigenvalue weighted by Crippen LogP contribution is 2.37. The summed E-state index contributed by atoms with van der Waals surface area (Å²) in [6.07, 6.45) is 7.12. The summed E-state index contributed by atoms with van der Waals surface area (Å²) < 4.78 is 40.1. The quantitative estimate of drug-likeness (QED) is 0.857. The molecule has 27 heavy (non-hydrogen) atoms. The molecule has 0 bridgehead atoms. The first-order valence-electron chi connectivity index (χ1n) is 9.45. The lowest BCUT2D eigenvalue weighted by Gasteiger charge is -2.36. The molecule has 2 saturated heterocycles. The molecule has 4 nitrogen and oxygen atoms in total. The fourth-order valence-electron chi connectivity index (χ4n) is 4.61. The molecule has 0 aromatic carbocycles. The molecule has 1 aliphatic carbocycles. The highest BCUT2D eigenvalue weighted by atomic mass is 32.2. The lowest BCUT2D eigenvalue weighted by Crippen LogP contribution is -2.45. The molecular weight excluding hydrogens is 368 g/mol. The minimum atomic E-state index is -1.22. The third-order valence-electron chi connectivity index (χ3n) is 5.98. The topological polar surface area (TPSA) is 45.2 Å². The van der Waals surface area contributed by atoms with Gasteiger partial charge in [0.1, 0.15) is 17.0 Å². The van der Waals surface area contributed by atoms with Crippen LogP contribution in [-0.2, 0) is 10.8 Å². The Labute approximate surface area is 161 Å². The van der Waals surface area contributed by atoms with Crippen molar-refractivity contribution in [1.82, 2.24) is 10.3 Å². The number of allylic oxidation sites excluding steroid dienone is 3. The zero-order valence-corrected chi connectivity index (χ0v) is 16.4. The number of aromatic nitrogens is 1. The molecular formula is C20H25F2N3OS. The van der Waals surface area contributed by atoms with Crippen molar-refractivity contribution in [3.63, 3.8) is 0 Å². The third kappa shape index (κ3) is 3.59. The van der Waals surface area contributed by atoms with Gasteiger partial charge in [0, 0.05) is 43.4 Å². The van der Waals surface area contributed by atoms with E-state index in [1.807, 2.05) is 13.0 Å². The summed E-state index contributed by atoms with van der Waals surface area (Å²) in [6, 6.07) is 1.96. The van der Waals surface area contributed by atoms with Gasteiger partial charge in [-0.3, -0.25) is 4.21 Å². The summed E-state index contributed by atoms with van der Waals surface area (Å²) >= 11 is 0. The van der Waals surface area contributed by atoms with Crippen LogP contribution in [0.3, 0.4) is 0 Å². The molecule has 1 N–H and O–H groups in total. The number of halogens is 2. The molecule has 0 saturated carbocycles. The molecule has 0 amide bonds. The van der Waals surface area contributed by atoms with Gasteiger partial charge in [0.15, 0.2) is 0 Å². The van der Waals surface area contributed by atoms with Crippen LogP contribution in [0, 0.1) is 12.8 Å². The standard InChI is InChI=1S/C20H25F2N3OS/c1-12-8-19(27(2)26)23-10-18(12)25-7-6-16-13(11-25)9-17(24-16)20-14(21)4-3-5-15(20)22/h3-4,8,10,13,15-17,24H,5-7,9,11H2,1-2H3. The highest BCUT2D eigenvalue weighted by molar-refractivity contribution is 7.84. The van der Waals surface area contributed by atoms with E-state index in [0.717, 1.165) is 37.2 Å². The minimum absolute atomic E-state index is 0.219. The second-order valence-corrected chi connectivity index (χ2v) is 9.05. The number of aryl methyl sites for hydroxylation is 1. The lowest BCUT2D eigenvalue weighted by molar-refractivity contribution is 0.345.